The van der Waals surface area contributed by atoms with Crippen LogP contribution in [0.5, 0.6) is 0 Å². The molecule has 0 aliphatic rings. The Morgan fingerprint density at radius 3 is 2.03 bits per heavy atom. The zero-order chi connectivity index (χ0) is 24.8. The van der Waals surface area contributed by atoms with Crippen molar-refractivity contribution in [3.05, 3.63) is 131 Å². The summed E-state index contributed by atoms with van der Waals surface area (Å²) in [6, 6.07) is 32.5. The van der Waals surface area contributed by atoms with Crippen LogP contribution in [0.25, 0.3) is 0 Å². The minimum atomic E-state index is -3.97. The van der Waals surface area contributed by atoms with Crippen molar-refractivity contribution in [2.45, 2.75) is 24.8 Å². The highest BCUT2D eigenvalue weighted by molar-refractivity contribution is 7.92. The summed E-state index contributed by atoms with van der Waals surface area (Å²) in [6.07, 6.45) is 0. The van der Waals surface area contributed by atoms with E-state index in [4.69, 9.17) is 0 Å². The Bertz CT molecular complexity index is 1400. The van der Waals surface area contributed by atoms with E-state index in [9.17, 15) is 13.2 Å². The fourth-order valence-corrected chi connectivity index (χ4v) is 5.56. The average molecular weight is 485 g/mol. The Labute approximate surface area is 207 Å². The Morgan fingerprint density at radius 2 is 1.37 bits per heavy atom. The Hall–Kier alpha value is -3.90. The fraction of sp³-hybridized carbons (Fsp3) is 0.138. The number of benzene rings is 4. The Balaban J connectivity index is 1.70. The third-order valence-corrected chi connectivity index (χ3v) is 7.59. The van der Waals surface area contributed by atoms with Crippen LogP contribution in [0.4, 0.5) is 5.69 Å². The molecule has 4 rings (SSSR count). The molecule has 1 unspecified atom stereocenters. The summed E-state index contributed by atoms with van der Waals surface area (Å²) in [4.78, 5) is 13.6. The number of rotatable bonds is 8. The van der Waals surface area contributed by atoms with Crippen molar-refractivity contribution < 1.29 is 13.2 Å². The molecule has 35 heavy (non-hydrogen) atoms. The van der Waals surface area contributed by atoms with E-state index in [1.165, 1.54) is 16.4 Å². The number of carbonyl (C=O) groups excluding carboxylic acids is 1. The number of hydrogen-bond acceptors (Lipinski definition) is 3. The molecule has 5 nitrogen and oxygen atoms in total. The van der Waals surface area contributed by atoms with Gasteiger partial charge in [-0.1, -0.05) is 96.6 Å². The normalized spacial score (nSPS) is 12.1. The van der Waals surface area contributed by atoms with Crippen LogP contribution in [0.1, 0.15) is 28.3 Å². The molecular formula is C29H28N2O3S. The second kappa shape index (κ2) is 10.6. The molecule has 0 radical (unpaired) electrons. The lowest BCUT2D eigenvalue weighted by Gasteiger charge is -2.27. The van der Waals surface area contributed by atoms with Gasteiger partial charge in [-0.05, 0) is 48.7 Å². The van der Waals surface area contributed by atoms with Crippen molar-refractivity contribution in [2.75, 3.05) is 10.8 Å². The molecule has 1 N–H and O–H groups in total. The van der Waals surface area contributed by atoms with E-state index in [0.717, 1.165) is 22.3 Å². The Kier molecular flexibility index (Phi) is 7.32. The van der Waals surface area contributed by atoms with Gasteiger partial charge in [-0.3, -0.25) is 9.10 Å². The molecule has 4 aromatic rings. The van der Waals surface area contributed by atoms with Crippen LogP contribution < -0.4 is 9.62 Å². The van der Waals surface area contributed by atoms with Crippen LogP contribution in [0.15, 0.2) is 114 Å². The molecule has 4 aromatic carbocycles. The first-order valence-corrected chi connectivity index (χ1v) is 12.8. The Morgan fingerprint density at radius 1 is 0.771 bits per heavy atom. The number of nitrogens with one attached hydrogen (secondary N) is 1. The highest BCUT2D eigenvalue weighted by Gasteiger charge is 2.29. The molecule has 178 valence electrons. The standard InChI is InChI=1S/C29H28N2O3S/c1-22-12-11-16-25(20-22)29(24-14-5-3-6-15-24)30-28(32)21-31(27-19-10-9-13-23(27)2)35(33,34)26-17-7-4-8-18-26/h3-20,29H,21H2,1-2H3,(H,30,32). The highest BCUT2D eigenvalue weighted by atomic mass is 32.2. The third-order valence-electron chi connectivity index (χ3n) is 5.82. The van der Waals surface area contributed by atoms with Crippen LogP contribution >= 0.6 is 0 Å². The summed E-state index contributed by atoms with van der Waals surface area (Å²) in [7, 11) is -3.97. The van der Waals surface area contributed by atoms with Crippen molar-refractivity contribution in [2.24, 2.45) is 0 Å². The summed E-state index contributed by atoms with van der Waals surface area (Å²) >= 11 is 0. The molecule has 0 aromatic heterocycles. The summed E-state index contributed by atoms with van der Waals surface area (Å²) in [6.45, 7) is 3.48. The van der Waals surface area contributed by atoms with Crippen molar-refractivity contribution in [3.8, 4) is 0 Å². The molecule has 0 heterocycles. The summed E-state index contributed by atoms with van der Waals surface area (Å²) in [5, 5.41) is 3.08. The van der Waals surface area contributed by atoms with E-state index in [1.807, 2.05) is 80.6 Å². The fourth-order valence-electron chi connectivity index (χ4n) is 4.05. The number of amides is 1. The number of sulfonamides is 1. The number of nitrogens with zero attached hydrogens (tertiary/aromatic N) is 1. The van der Waals surface area contributed by atoms with E-state index >= 15 is 0 Å². The lowest BCUT2D eigenvalue weighted by Crippen LogP contribution is -2.42. The predicted molar refractivity (Wildman–Crippen MR) is 140 cm³/mol. The second-order valence-electron chi connectivity index (χ2n) is 8.44. The molecule has 0 aliphatic heterocycles. The molecular weight excluding hydrogens is 456 g/mol. The third kappa shape index (κ3) is 5.61. The molecule has 0 spiro atoms. The van der Waals surface area contributed by atoms with Crippen LogP contribution in [0, 0.1) is 13.8 Å². The first kappa shape index (κ1) is 24.2. The molecule has 0 fully saturated rings. The van der Waals surface area contributed by atoms with Gasteiger partial charge < -0.3 is 5.32 Å². The smallest absolute Gasteiger partial charge is 0.264 e. The molecule has 0 bridgehead atoms. The summed E-state index contributed by atoms with van der Waals surface area (Å²) in [5.74, 6) is -0.400. The zero-order valence-electron chi connectivity index (χ0n) is 19.8. The van der Waals surface area contributed by atoms with Gasteiger partial charge in [0.2, 0.25) is 5.91 Å². The van der Waals surface area contributed by atoms with E-state index in [2.05, 4.69) is 5.32 Å². The van der Waals surface area contributed by atoms with Gasteiger partial charge in [-0.2, -0.15) is 0 Å². The van der Waals surface area contributed by atoms with Crippen LogP contribution in [-0.2, 0) is 14.8 Å². The molecule has 0 aliphatic carbocycles. The zero-order valence-corrected chi connectivity index (χ0v) is 20.6. The van der Waals surface area contributed by atoms with Crippen molar-refractivity contribution in [3.63, 3.8) is 0 Å². The average Bonchev–Trinajstić information content (AvgIpc) is 2.87. The van der Waals surface area contributed by atoms with E-state index < -0.39 is 22.0 Å². The van der Waals surface area contributed by atoms with Gasteiger partial charge in [0.15, 0.2) is 0 Å². The van der Waals surface area contributed by atoms with Gasteiger partial charge in [-0.15, -0.1) is 0 Å². The van der Waals surface area contributed by atoms with Gasteiger partial charge in [0.25, 0.3) is 10.0 Å². The van der Waals surface area contributed by atoms with Gasteiger partial charge in [0, 0.05) is 0 Å². The topological polar surface area (TPSA) is 66.5 Å². The first-order valence-electron chi connectivity index (χ1n) is 11.4. The molecule has 0 saturated carbocycles. The van der Waals surface area contributed by atoms with Gasteiger partial charge in [0.05, 0.1) is 16.6 Å². The largest absolute Gasteiger partial charge is 0.344 e. The van der Waals surface area contributed by atoms with Gasteiger partial charge >= 0.3 is 0 Å². The SMILES string of the molecule is Cc1cccc(C(NC(=O)CN(c2ccccc2C)S(=O)(=O)c2ccccc2)c2ccccc2)c1. The number of para-hydroxylation sites is 1. The van der Waals surface area contributed by atoms with Crippen molar-refractivity contribution in [1.82, 2.24) is 5.32 Å². The molecule has 6 heteroatoms. The van der Waals surface area contributed by atoms with E-state index in [0.29, 0.717) is 5.69 Å². The predicted octanol–water partition coefficient (Wildman–Crippen LogP) is 5.40. The van der Waals surface area contributed by atoms with Crippen molar-refractivity contribution in [1.29, 1.82) is 0 Å². The summed E-state index contributed by atoms with van der Waals surface area (Å²) in [5.41, 5.74) is 4.15. The monoisotopic (exact) mass is 484 g/mol. The lowest BCUT2D eigenvalue weighted by molar-refractivity contribution is -0.120. The lowest BCUT2D eigenvalue weighted by atomic mass is 9.97. The maximum Gasteiger partial charge on any atom is 0.264 e. The van der Waals surface area contributed by atoms with E-state index in [1.54, 1.807) is 30.3 Å². The minimum Gasteiger partial charge on any atom is -0.344 e. The number of anilines is 1. The van der Waals surface area contributed by atoms with Crippen LogP contribution in [-0.4, -0.2) is 20.9 Å². The van der Waals surface area contributed by atoms with Crippen LogP contribution in [0.3, 0.4) is 0 Å². The minimum absolute atomic E-state index is 0.134. The molecule has 1 atom stereocenters. The first-order chi connectivity index (χ1) is 16.9. The van der Waals surface area contributed by atoms with Gasteiger partial charge in [0.1, 0.15) is 6.54 Å². The maximum absolute atomic E-state index is 13.6. The molecule has 1 amide bonds. The second-order valence-corrected chi connectivity index (χ2v) is 10.3. The maximum atomic E-state index is 13.6. The van der Waals surface area contributed by atoms with Crippen LogP contribution in [0.2, 0.25) is 0 Å². The van der Waals surface area contributed by atoms with Gasteiger partial charge in [-0.25, -0.2) is 8.42 Å². The summed E-state index contributed by atoms with van der Waals surface area (Å²) < 4.78 is 28.5. The van der Waals surface area contributed by atoms with E-state index in [-0.39, 0.29) is 11.4 Å². The number of hydrogen-bond donors (Lipinski definition) is 1. The molecule has 0 saturated heterocycles. The number of carbonyl (C=O) groups is 1. The highest BCUT2D eigenvalue weighted by Crippen LogP contribution is 2.27. The number of aryl methyl sites for hydroxylation is 2. The van der Waals surface area contributed by atoms with Crippen molar-refractivity contribution >= 4 is 21.6 Å². The quantitative estimate of drug-likeness (QED) is 0.364.